The first kappa shape index (κ1) is 12.8. The summed E-state index contributed by atoms with van der Waals surface area (Å²) in [6.45, 7) is 3.90. The van der Waals surface area contributed by atoms with Gasteiger partial charge in [-0.05, 0) is 41.9 Å². The molecule has 0 aliphatic heterocycles. The third-order valence-electron chi connectivity index (χ3n) is 2.47. The van der Waals surface area contributed by atoms with Crippen LogP contribution in [0.4, 0.5) is 11.6 Å². The summed E-state index contributed by atoms with van der Waals surface area (Å²) in [7, 11) is 0. The van der Waals surface area contributed by atoms with Crippen molar-refractivity contribution in [2.24, 2.45) is 5.84 Å². The smallest absolute Gasteiger partial charge is 0.159 e. The Bertz CT molecular complexity index is 542. The first-order valence-corrected chi connectivity index (χ1v) is 6.21. The van der Waals surface area contributed by atoms with Gasteiger partial charge in [0.15, 0.2) is 5.82 Å². The third kappa shape index (κ3) is 2.62. The highest BCUT2D eigenvalue weighted by Gasteiger charge is 2.13. The molecule has 7 heteroatoms. The fourth-order valence-electron chi connectivity index (χ4n) is 1.53. The lowest BCUT2D eigenvalue weighted by molar-refractivity contribution is 0.466. The standard InChI is InChI=1S/C11H14BrN5O/c1-6-3-4-8(18-6)7(2)16-10-9(12)11(17-13)15-5-14-10/h3-5,7H,13H2,1-2H3,(H2,14,15,16,17). The second kappa shape index (κ2) is 5.36. The van der Waals surface area contributed by atoms with E-state index < -0.39 is 0 Å². The van der Waals surface area contributed by atoms with E-state index in [4.69, 9.17) is 10.3 Å². The molecular weight excluding hydrogens is 298 g/mol. The van der Waals surface area contributed by atoms with Gasteiger partial charge in [0.1, 0.15) is 28.1 Å². The van der Waals surface area contributed by atoms with Gasteiger partial charge in [-0.3, -0.25) is 0 Å². The van der Waals surface area contributed by atoms with Gasteiger partial charge in [-0.2, -0.15) is 0 Å². The van der Waals surface area contributed by atoms with Gasteiger partial charge in [-0.15, -0.1) is 0 Å². The Morgan fingerprint density at radius 1 is 1.33 bits per heavy atom. The van der Waals surface area contributed by atoms with E-state index >= 15 is 0 Å². The Labute approximate surface area is 113 Å². The predicted octanol–water partition coefficient (Wildman–Crippen LogP) is 2.60. The van der Waals surface area contributed by atoms with Crippen LogP contribution in [0.3, 0.4) is 0 Å². The van der Waals surface area contributed by atoms with E-state index in [9.17, 15) is 0 Å². The molecule has 0 aliphatic rings. The molecule has 2 aromatic heterocycles. The Hall–Kier alpha value is -1.60. The van der Waals surface area contributed by atoms with Crippen molar-refractivity contribution in [3.05, 3.63) is 34.5 Å². The third-order valence-corrected chi connectivity index (χ3v) is 3.22. The number of hydrogen-bond donors (Lipinski definition) is 3. The van der Waals surface area contributed by atoms with Crippen LogP contribution in [0.2, 0.25) is 0 Å². The Morgan fingerprint density at radius 2 is 2.06 bits per heavy atom. The van der Waals surface area contributed by atoms with E-state index in [0.717, 1.165) is 11.5 Å². The molecule has 0 fully saturated rings. The van der Waals surface area contributed by atoms with Gasteiger partial charge in [-0.25, -0.2) is 15.8 Å². The van der Waals surface area contributed by atoms with Crippen molar-refractivity contribution >= 4 is 27.6 Å². The molecule has 2 heterocycles. The lowest BCUT2D eigenvalue weighted by atomic mass is 10.2. The Balaban J connectivity index is 2.19. The first-order valence-electron chi connectivity index (χ1n) is 5.41. The summed E-state index contributed by atoms with van der Waals surface area (Å²) in [5, 5.41) is 3.23. The van der Waals surface area contributed by atoms with Crippen LogP contribution >= 0.6 is 15.9 Å². The van der Waals surface area contributed by atoms with Gasteiger partial charge >= 0.3 is 0 Å². The summed E-state index contributed by atoms with van der Waals surface area (Å²) >= 11 is 3.39. The zero-order chi connectivity index (χ0) is 13.1. The molecule has 2 rings (SSSR count). The van der Waals surface area contributed by atoms with Crippen LogP contribution in [0.15, 0.2) is 27.3 Å². The van der Waals surface area contributed by atoms with Crippen molar-refractivity contribution in [1.82, 2.24) is 9.97 Å². The van der Waals surface area contributed by atoms with E-state index in [2.05, 4.69) is 36.6 Å². The van der Waals surface area contributed by atoms with E-state index in [0.29, 0.717) is 16.1 Å². The topological polar surface area (TPSA) is 89.0 Å². The lowest BCUT2D eigenvalue weighted by Gasteiger charge is -2.14. The predicted molar refractivity (Wildman–Crippen MR) is 73.0 cm³/mol. The Kier molecular flexibility index (Phi) is 3.83. The number of halogens is 1. The molecule has 0 radical (unpaired) electrons. The average molecular weight is 312 g/mol. The number of nitrogens with one attached hydrogen (secondary N) is 2. The number of anilines is 2. The normalized spacial score (nSPS) is 12.2. The van der Waals surface area contributed by atoms with Crippen LogP contribution in [0.1, 0.15) is 24.5 Å². The maximum Gasteiger partial charge on any atom is 0.159 e. The quantitative estimate of drug-likeness (QED) is 0.594. The van der Waals surface area contributed by atoms with Crippen molar-refractivity contribution in [2.75, 3.05) is 10.7 Å². The largest absolute Gasteiger partial charge is 0.464 e. The van der Waals surface area contributed by atoms with Crippen molar-refractivity contribution in [3.8, 4) is 0 Å². The number of rotatable bonds is 4. The summed E-state index contributed by atoms with van der Waals surface area (Å²) in [5.74, 6) is 8.25. The maximum absolute atomic E-state index is 5.55. The summed E-state index contributed by atoms with van der Waals surface area (Å²) in [6.07, 6.45) is 1.43. The lowest BCUT2D eigenvalue weighted by Crippen LogP contribution is -2.12. The SMILES string of the molecule is Cc1ccc(C(C)Nc2ncnc(NN)c2Br)o1. The van der Waals surface area contributed by atoms with Crippen LogP contribution in [-0.2, 0) is 0 Å². The van der Waals surface area contributed by atoms with E-state index in [1.54, 1.807) is 0 Å². The van der Waals surface area contributed by atoms with Gasteiger partial charge in [0.2, 0.25) is 0 Å². The zero-order valence-electron chi connectivity index (χ0n) is 10.1. The van der Waals surface area contributed by atoms with Crippen LogP contribution in [0, 0.1) is 6.92 Å². The number of nitrogens with two attached hydrogens (primary N) is 1. The molecular formula is C11H14BrN5O. The molecule has 0 aliphatic carbocycles. The first-order chi connectivity index (χ1) is 8.61. The Morgan fingerprint density at radius 3 is 2.67 bits per heavy atom. The summed E-state index contributed by atoms with van der Waals surface area (Å²) in [4.78, 5) is 8.14. The van der Waals surface area contributed by atoms with E-state index in [1.807, 2.05) is 26.0 Å². The molecule has 4 N–H and O–H groups in total. The summed E-state index contributed by atoms with van der Waals surface area (Å²) in [6, 6.07) is 3.86. The molecule has 96 valence electrons. The van der Waals surface area contributed by atoms with E-state index in [-0.39, 0.29) is 6.04 Å². The second-order valence-corrected chi connectivity index (χ2v) is 4.64. The van der Waals surface area contributed by atoms with Gasteiger partial charge in [0.05, 0.1) is 6.04 Å². The summed E-state index contributed by atoms with van der Waals surface area (Å²) < 4.78 is 6.24. The maximum atomic E-state index is 5.55. The average Bonchev–Trinajstić information content (AvgIpc) is 2.78. The minimum absolute atomic E-state index is 0.00414. The zero-order valence-corrected chi connectivity index (χ0v) is 11.7. The van der Waals surface area contributed by atoms with Crippen LogP contribution in [-0.4, -0.2) is 9.97 Å². The van der Waals surface area contributed by atoms with E-state index in [1.165, 1.54) is 6.33 Å². The highest BCUT2D eigenvalue weighted by molar-refractivity contribution is 9.10. The fourth-order valence-corrected chi connectivity index (χ4v) is 1.97. The number of aryl methyl sites for hydroxylation is 1. The molecule has 0 saturated heterocycles. The van der Waals surface area contributed by atoms with Gasteiger partial charge in [0, 0.05) is 0 Å². The monoisotopic (exact) mass is 311 g/mol. The number of furan rings is 1. The number of nitrogen functional groups attached to an aromatic ring is 1. The number of nitrogens with zero attached hydrogens (tertiary/aromatic N) is 2. The molecule has 1 unspecified atom stereocenters. The molecule has 2 aromatic rings. The highest BCUT2D eigenvalue weighted by Crippen LogP contribution is 2.29. The molecule has 0 bridgehead atoms. The van der Waals surface area contributed by atoms with Crippen molar-refractivity contribution in [2.45, 2.75) is 19.9 Å². The minimum Gasteiger partial charge on any atom is -0.464 e. The van der Waals surface area contributed by atoms with Gasteiger partial charge < -0.3 is 15.2 Å². The molecule has 18 heavy (non-hydrogen) atoms. The second-order valence-electron chi connectivity index (χ2n) is 3.84. The molecule has 0 spiro atoms. The minimum atomic E-state index is -0.00414. The molecule has 1 atom stereocenters. The summed E-state index contributed by atoms with van der Waals surface area (Å²) in [5.41, 5.74) is 2.49. The van der Waals surface area contributed by atoms with Crippen molar-refractivity contribution in [1.29, 1.82) is 0 Å². The molecule has 0 amide bonds. The number of hydrogen-bond acceptors (Lipinski definition) is 6. The van der Waals surface area contributed by atoms with Crippen LogP contribution < -0.4 is 16.6 Å². The van der Waals surface area contributed by atoms with Crippen LogP contribution in [0.5, 0.6) is 0 Å². The van der Waals surface area contributed by atoms with Gasteiger partial charge in [0.25, 0.3) is 0 Å². The highest BCUT2D eigenvalue weighted by atomic mass is 79.9. The molecule has 0 aromatic carbocycles. The van der Waals surface area contributed by atoms with Crippen LogP contribution in [0.25, 0.3) is 0 Å². The number of hydrazine groups is 1. The van der Waals surface area contributed by atoms with Gasteiger partial charge in [-0.1, -0.05) is 0 Å². The van der Waals surface area contributed by atoms with Crippen molar-refractivity contribution < 1.29 is 4.42 Å². The molecule has 0 saturated carbocycles. The fraction of sp³-hybridized carbons (Fsp3) is 0.273. The number of aromatic nitrogens is 2. The van der Waals surface area contributed by atoms with Crippen molar-refractivity contribution in [3.63, 3.8) is 0 Å². The molecule has 6 nitrogen and oxygen atoms in total.